The zero-order valence-electron chi connectivity index (χ0n) is 13.4. The summed E-state index contributed by atoms with van der Waals surface area (Å²) in [4.78, 5) is 6.85. The Kier molecular flexibility index (Phi) is 3.87. The van der Waals surface area contributed by atoms with E-state index in [4.69, 9.17) is 9.26 Å². The van der Waals surface area contributed by atoms with Crippen LogP contribution in [0.15, 0.2) is 34.9 Å². The number of ether oxygens (including phenoxy) is 1. The van der Waals surface area contributed by atoms with Gasteiger partial charge in [-0.15, -0.1) is 0 Å². The van der Waals surface area contributed by atoms with Crippen LogP contribution in [-0.2, 0) is 6.54 Å². The molecule has 0 amide bonds. The zero-order valence-corrected chi connectivity index (χ0v) is 13.4. The number of benzene rings is 1. The number of hydrogen-bond acceptors (Lipinski definition) is 5. The summed E-state index contributed by atoms with van der Waals surface area (Å²) in [6.07, 6.45) is 5.74. The molecular weight excluding hydrogens is 290 g/mol. The van der Waals surface area contributed by atoms with Crippen molar-refractivity contribution < 1.29 is 9.26 Å². The van der Waals surface area contributed by atoms with Crippen molar-refractivity contribution >= 4 is 5.57 Å². The van der Waals surface area contributed by atoms with E-state index in [9.17, 15) is 0 Å². The summed E-state index contributed by atoms with van der Waals surface area (Å²) in [6.45, 7) is 2.67. The second-order valence-corrected chi connectivity index (χ2v) is 6.26. The molecule has 1 fully saturated rings. The third-order valence-corrected chi connectivity index (χ3v) is 4.54. The van der Waals surface area contributed by atoms with Gasteiger partial charge in [-0.25, -0.2) is 0 Å². The van der Waals surface area contributed by atoms with Gasteiger partial charge in [0.25, 0.3) is 0 Å². The van der Waals surface area contributed by atoms with E-state index in [0.717, 1.165) is 43.5 Å². The van der Waals surface area contributed by atoms with Gasteiger partial charge >= 0.3 is 0 Å². The lowest BCUT2D eigenvalue weighted by molar-refractivity contribution is 0.245. The molecule has 0 radical (unpaired) electrons. The van der Waals surface area contributed by atoms with Crippen molar-refractivity contribution in [3.8, 4) is 5.75 Å². The summed E-state index contributed by atoms with van der Waals surface area (Å²) in [7, 11) is 1.69. The number of methoxy groups -OCH3 is 1. The molecule has 23 heavy (non-hydrogen) atoms. The number of hydrogen-bond donors (Lipinski definition) is 0. The van der Waals surface area contributed by atoms with E-state index in [1.165, 1.54) is 24.0 Å². The second-order valence-electron chi connectivity index (χ2n) is 6.26. The van der Waals surface area contributed by atoms with E-state index in [0.29, 0.717) is 5.92 Å². The molecule has 5 heteroatoms. The third-order valence-electron chi connectivity index (χ3n) is 4.54. The maximum absolute atomic E-state index is 5.37. The van der Waals surface area contributed by atoms with Crippen molar-refractivity contribution in [1.29, 1.82) is 0 Å². The van der Waals surface area contributed by atoms with E-state index in [1.807, 2.05) is 12.1 Å². The molecule has 0 atom stereocenters. The Hall–Kier alpha value is -2.14. The fourth-order valence-corrected chi connectivity index (χ4v) is 2.95. The first-order valence-corrected chi connectivity index (χ1v) is 8.20. The Morgan fingerprint density at radius 3 is 2.74 bits per heavy atom. The molecule has 1 saturated carbocycles. The van der Waals surface area contributed by atoms with Crippen molar-refractivity contribution in [1.82, 2.24) is 15.0 Å². The molecule has 0 unspecified atom stereocenters. The van der Waals surface area contributed by atoms with Gasteiger partial charge < -0.3 is 9.26 Å². The largest absolute Gasteiger partial charge is 0.497 e. The number of aromatic nitrogens is 2. The molecule has 1 aromatic heterocycles. The molecule has 120 valence electrons. The van der Waals surface area contributed by atoms with Gasteiger partial charge in [-0.2, -0.15) is 4.98 Å². The lowest BCUT2D eigenvalue weighted by atomic mass is 9.99. The van der Waals surface area contributed by atoms with Crippen LogP contribution in [0.2, 0.25) is 0 Å². The molecule has 1 aromatic carbocycles. The molecule has 2 heterocycles. The Balaban J connectivity index is 1.37. The first kappa shape index (κ1) is 14.5. The minimum atomic E-state index is 0.551. The van der Waals surface area contributed by atoms with Crippen molar-refractivity contribution in [2.75, 3.05) is 20.2 Å². The molecule has 0 N–H and O–H groups in total. The predicted octanol–water partition coefficient (Wildman–Crippen LogP) is 3.24. The van der Waals surface area contributed by atoms with Crippen LogP contribution in [0.4, 0.5) is 0 Å². The van der Waals surface area contributed by atoms with Crippen LogP contribution in [-0.4, -0.2) is 35.2 Å². The molecule has 1 aliphatic heterocycles. The summed E-state index contributed by atoms with van der Waals surface area (Å²) < 4.78 is 10.6. The SMILES string of the molecule is COc1ccc(C2=CCN(Cc3nc(C4CC4)no3)CC2)cc1. The zero-order chi connectivity index (χ0) is 15.6. The van der Waals surface area contributed by atoms with E-state index >= 15 is 0 Å². The molecule has 5 nitrogen and oxygen atoms in total. The molecule has 0 saturated heterocycles. The van der Waals surface area contributed by atoms with Gasteiger partial charge in [0.1, 0.15) is 5.75 Å². The standard InChI is InChI=1S/C18H21N3O2/c1-22-16-6-4-13(5-7-16)14-8-10-21(11-9-14)12-17-19-18(20-23-17)15-2-3-15/h4-8,15H,2-3,9-12H2,1H3. The first-order valence-electron chi connectivity index (χ1n) is 8.20. The summed E-state index contributed by atoms with van der Waals surface area (Å²) in [5.41, 5.74) is 2.67. The average Bonchev–Trinajstić information content (AvgIpc) is 3.36. The van der Waals surface area contributed by atoms with Crippen molar-refractivity contribution in [2.45, 2.75) is 31.7 Å². The second kappa shape index (κ2) is 6.16. The van der Waals surface area contributed by atoms with Gasteiger partial charge in [-0.05, 0) is 42.5 Å². The highest BCUT2D eigenvalue weighted by Crippen LogP contribution is 2.38. The number of rotatable bonds is 5. The molecular formula is C18H21N3O2. The van der Waals surface area contributed by atoms with Crippen LogP contribution in [0, 0.1) is 0 Å². The van der Waals surface area contributed by atoms with Crippen LogP contribution >= 0.6 is 0 Å². The topological polar surface area (TPSA) is 51.4 Å². The average molecular weight is 311 g/mol. The van der Waals surface area contributed by atoms with Crippen LogP contribution < -0.4 is 4.74 Å². The van der Waals surface area contributed by atoms with Crippen molar-refractivity contribution in [3.05, 3.63) is 47.6 Å². The summed E-state index contributed by atoms with van der Waals surface area (Å²) in [5, 5.41) is 4.08. The molecule has 0 spiro atoms. The first-order chi connectivity index (χ1) is 11.3. The van der Waals surface area contributed by atoms with Crippen LogP contribution in [0.5, 0.6) is 5.75 Å². The van der Waals surface area contributed by atoms with Crippen molar-refractivity contribution in [3.63, 3.8) is 0 Å². The van der Waals surface area contributed by atoms with E-state index in [-0.39, 0.29) is 0 Å². The smallest absolute Gasteiger partial charge is 0.240 e. The molecule has 0 bridgehead atoms. The van der Waals surface area contributed by atoms with Gasteiger partial charge in [0.15, 0.2) is 5.82 Å². The molecule has 2 aromatic rings. The van der Waals surface area contributed by atoms with Crippen LogP contribution in [0.25, 0.3) is 5.57 Å². The molecule has 2 aliphatic rings. The van der Waals surface area contributed by atoms with Gasteiger partial charge in [-0.3, -0.25) is 4.90 Å². The fraction of sp³-hybridized carbons (Fsp3) is 0.444. The van der Waals surface area contributed by atoms with E-state index in [2.05, 4.69) is 33.2 Å². The molecule has 1 aliphatic carbocycles. The van der Waals surface area contributed by atoms with Crippen LogP contribution in [0.1, 0.15) is 42.5 Å². The maximum atomic E-state index is 5.37. The fourth-order valence-electron chi connectivity index (χ4n) is 2.95. The number of nitrogens with zero attached hydrogens (tertiary/aromatic N) is 3. The summed E-state index contributed by atoms with van der Waals surface area (Å²) in [5.74, 6) is 3.09. The summed E-state index contributed by atoms with van der Waals surface area (Å²) >= 11 is 0. The predicted molar refractivity (Wildman–Crippen MR) is 87.1 cm³/mol. The van der Waals surface area contributed by atoms with Crippen molar-refractivity contribution in [2.24, 2.45) is 0 Å². The maximum Gasteiger partial charge on any atom is 0.240 e. The van der Waals surface area contributed by atoms with Crippen LogP contribution in [0.3, 0.4) is 0 Å². The van der Waals surface area contributed by atoms with E-state index in [1.54, 1.807) is 7.11 Å². The normalized spacial score (nSPS) is 18.7. The van der Waals surface area contributed by atoms with Gasteiger partial charge in [0, 0.05) is 19.0 Å². The Morgan fingerprint density at radius 2 is 2.09 bits per heavy atom. The third kappa shape index (κ3) is 3.29. The minimum Gasteiger partial charge on any atom is -0.497 e. The lowest BCUT2D eigenvalue weighted by Crippen LogP contribution is -2.28. The highest BCUT2D eigenvalue weighted by atomic mass is 16.5. The highest BCUT2D eigenvalue weighted by Gasteiger charge is 2.29. The quantitative estimate of drug-likeness (QED) is 0.848. The van der Waals surface area contributed by atoms with Gasteiger partial charge in [0.2, 0.25) is 5.89 Å². The van der Waals surface area contributed by atoms with Gasteiger partial charge in [0.05, 0.1) is 13.7 Å². The summed E-state index contributed by atoms with van der Waals surface area (Å²) in [6, 6.07) is 8.28. The molecule has 4 rings (SSSR count). The Labute approximate surface area is 135 Å². The monoisotopic (exact) mass is 311 g/mol. The Bertz CT molecular complexity index is 701. The minimum absolute atomic E-state index is 0.551. The van der Waals surface area contributed by atoms with Gasteiger partial charge in [-0.1, -0.05) is 23.4 Å². The Morgan fingerprint density at radius 1 is 1.26 bits per heavy atom. The lowest BCUT2D eigenvalue weighted by Gasteiger charge is -2.25. The van der Waals surface area contributed by atoms with E-state index < -0.39 is 0 Å². The highest BCUT2D eigenvalue weighted by molar-refractivity contribution is 5.67.